The van der Waals surface area contributed by atoms with Crippen molar-refractivity contribution in [3.63, 3.8) is 0 Å². The smallest absolute Gasteiger partial charge is 0.337 e. The summed E-state index contributed by atoms with van der Waals surface area (Å²) < 4.78 is 4.62. The molecule has 3 heteroatoms. The second kappa shape index (κ2) is 4.55. The Hall–Kier alpha value is -1.25. The second-order valence-corrected chi connectivity index (χ2v) is 1.93. The molecular weight excluding hydrogens is 144 g/mol. The van der Waals surface area contributed by atoms with Crippen molar-refractivity contribution in [2.24, 2.45) is 0 Å². The highest BCUT2D eigenvalue weighted by molar-refractivity contribution is 5.88. The van der Waals surface area contributed by atoms with Crippen LogP contribution in [0.5, 0.6) is 0 Å². The number of rotatable bonds is 3. The molecule has 0 radical (unpaired) electrons. The number of aliphatic hydroxyl groups excluding tert-OH is 1. The zero-order valence-electron chi connectivity index (χ0n) is 6.76. The van der Waals surface area contributed by atoms with E-state index in [0.717, 1.165) is 0 Å². The Bertz CT molecular complexity index is 192. The number of hydrogen-bond acceptors (Lipinski definition) is 3. The fourth-order valence-corrected chi connectivity index (χ4v) is 0.497. The largest absolute Gasteiger partial charge is 0.507 e. The zero-order chi connectivity index (χ0) is 8.85. The summed E-state index contributed by atoms with van der Waals surface area (Å²) in [6.45, 7) is 6.80. The molecule has 0 unspecified atom stereocenters. The van der Waals surface area contributed by atoms with Crippen LogP contribution in [-0.2, 0) is 9.53 Å². The predicted molar refractivity (Wildman–Crippen MR) is 42.2 cm³/mol. The standard InChI is InChI=1S/C8H12O3/c1-4-7(9)6(3)8(10)11-5-2/h4,9H,1,5H2,2-3H3/b7-6-. The second-order valence-electron chi connectivity index (χ2n) is 1.93. The number of carbonyl (C=O) groups is 1. The summed E-state index contributed by atoms with van der Waals surface area (Å²) in [5.41, 5.74) is 0.182. The summed E-state index contributed by atoms with van der Waals surface area (Å²) in [6, 6.07) is 0. The monoisotopic (exact) mass is 156 g/mol. The van der Waals surface area contributed by atoms with E-state index in [1.807, 2.05) is 0 Å². The van der Waals surface area contributed by atoms with E-state index in [1.165, 1.54) is 13.0 Å². The van der Waals surface area contributed by atoms with Gasteiger partial charge in [-0.3, -0.25) is 0 Å². The van der Waals surface area contributed by atoms with E-state index in [0.29, 0.717) is 6.61 Å². The first kappa shape index (κ1) is 9.75. The molecule has 0 aliphatic rings. The van der Waals surface area contributed by atoms with Crippen LogP contribution in [-0.4, -0.2) is 17.7 Å². The Labute approximate surface area is 66.0 Å². The average Bonchev–Trinajstić information content (AvgIpc) is 2.02. The van der Waals surface area contributed by atoms with Crippen molar-refractivity contribution in [1.29, 1.82) is 0 Å². The highest BCUT2D eigenvalue weighted by atomic mass is 16.5. The third-order valence-corrected chi connectivity index (χ3v) is 1.16. The van der Waals surface area contributed by atoms with Crippen LogP contribution in [0.2, 0.25) is 0 Å². The van der Waals surface area contributed by atoms with Crippen molar-refractivity contribution in [1.82, 2.24) is 0 Å². The van der Waals surface area contributed by atoms with Crippen molar-refractivity contribution in [2.45, 2.75) is 13.8 Å². The molecule has 0 fully saturated rings. The molecule has 0 bridgehead atoms. The van der Waals surface area contributed by atoms with Crippen molar-refractivity contribution >= 4 is 5.97 Å². The molecule has 0 aliphatic carbocycles. The highest BCUT2D eigenvalue weighted by Crippen LogP contribution is 2.03. The molecule has 11 heavy (non-hydrogen) atoms. The minimum atomic E-state index is -0.509. The fraction of sp³-hybridized carbons (Fsp3) is 0.375. The molecule has 0 rings (SSSR count). The summed E-state index contributed by atoms with van der Waals surface area (Å²) in [5.74, 6) is -0.645. The van der Waals surface area contributed by atoms with Crippen LogP contribution in [0.25, 0.3) is 0 Å². The zero-order valence-corrected chi connectivity index (χ0v) is 6.76. The molecule has 0 heterocycles. The molecule has 0 aromatic rings. The lowest BCUT2D eigenvalue weighted by molar-refractivity contribution is -0.138. The third kappa shape index (κ3) is 2.89. The van der Waals surface area contributed by atoms with Gasteiger partial charge in [0.15, 0.2) is 0 Å². The number of allylic oxidation sites excluding steroid dienone is 1. The van der Waals surface area contributed by atoms with Crippen molar-refractivity contribution in [3.8, 4) is 0 Å². The first-order valence-corrected chi connectivity index (χ1v) is 3.32. The van der Waals surface area contributed by atoms with Gasteiger partial charge in [0.1, 0.15) is 5.76 Å². The average molecular weight is 156 g/mol. The summed E-state index contributed by atoms with van der Waals surface area (Å²) in [7, 11) is 0. The lowest BCUT2D eigenvalue weighted by Gasteiger charge is -2.01. The minimum absolute atomic E-state index is 0.136. The van der Waals surface area contributed by atoms with Gasteiger partial charge in [-0.2, -0.15) is 0 Å². The Morgan fingerprint density at radius 2 is 2.27 bits per heavy atom. The Morgan fingerprint density at radius 3 is 2.64 bits per heavy atom. The van der Waals surface area contributed by atoms with Gasteiger partial charge in [-0.1, -0.05) is 6.58 Å². The summed E-state index contributed by atoms with van der Waals surface area (Å²) in [4.78, 5) is 10.9. The minimum Gasteiger partial charge on any atom is -0.507 e. The van der Waals surface area contributed by atoms with Gasteiger partial charge in [0.25, 0.3) is 0 Å². The molecule has 0 saturated heterocycles. The predicted octanol–water partition coefficient (Wildman–Crippen LogP) is 1.57. The molecule has 0 aromatic heterocycles. The molecule has 0 aromatic carbocycles. The molecule has 0 saturated carbocycles. The highest BCUT2D eigenvalue weighted by Gasteiger charge is 2.07. The number of hydrogen-bond donors (Lipinski definition) is 1. The van der Waals surface area contributed by atoms with Crippen LogP contribution in [0.3, 0.4) is 0 Å². The first-order chi connectivity index (χ1) is 5.13. The van der Waals surface area contributed by atoms with Gasteiger partial charge in [0.2, 0.25) is 0 Å². The molecule has 0 amide bonds. The summed E-state index contributed by atoms with van der Waals surface area (Å²) >= 11 is 0. The maximum atomic E-state index is 10.9. The van der Waals surface area contributed by atoms with E-state index < -0.39 is 5.97 Å². The third-order valence-electron chi connectivity index (χ3n) is 1.16. The van der Waals surface area contributed by atoms with Crippen molar-refractivity contribution < 1.29 is 14.6 Å². The molecule has 3 nitrogen and oxygen atoms in total. The summed E-state index contributed by atoms with van der Waals surface area (Å²) in [6.07, 6.45) is 1.20. The van der Waals surface area contributed by atoms with Gasteiger partial charge < -0.3 is 9.84 Å². The van der Waals surface area contributed by atoms with E-state index in [-0.39, 0.29) is 11.3 Å². The van der Waals surface area contributed by atoms with E-state index in [1.54, 1.807) is 6.92 Å². The number of ether oxygens (including phenoxy) is 1. The normalized spacial score (nSPS) is 11.8. The van der Waals surface area contributed by atoms with Crippen LogP contribution in [0, 0.1) is 0 Å². The van der Waals surface area contributed by atoms with Gasteiger partial charge in [-0.25, -0.2) is 4.79 Å². The lowest BCUT2D eigenvalue weighted by Crippen LogP contribution is -2.06. The molecule has 0 aliphatic heterocycles. The molecule has 0 spiro atoms. The van der Waals surface area contributed by atoms with Gasteiger partial charge in [0, 0.05) is 0 Å². The molecule has 62 valence electrons. The lowest BCUT2D eigenvalue weighted by atomic mass is 10.2. The fourth-order valence-electron chi connectivity index (χ4n) is 0.497. The number of carbonyl (C=O) groups excluding carboxylic acids is 1. The number of aliphatic hydroxyl groups is 1. The maximum absolute atomic E-state index is 10.9. The van der Waals surface area contributed by atoms with Crippen molar-refractivity contribution in [3.05, 3.63) is 24.0 Å². The molecular formula is C8H12O3. The maximum Gasteiger partial charge on any atom is 0.337 e. The van der Waals surface area contributed by atoms with Gasteiger partial charge in [-0.05, 0) is 19.9 Å². The number of esters is 1. The molecule has 0 atom stereocenters. The van der Waals surface area contributed by atoms with Crippen LogP contribution in [0.15, 0.2) is 24.0 Å². The van der Waals surface area contributed by atoms with E-state index in [4.69, 9.17) is 5.11 Å². The SMILES string of the molecule is C=C/C(O)=C(\C)C(=O)OCC. The van der Waals surface area contributed by atoms with E-state index in [2.05, 4.69) is 11.3 Å². The summed E-state index contributed by atoms with van der Waals surface area (Å²) in [5, 5.41) is 8.98. The Morgan fingerprint density at radius 1 is 1.73 bits per heavy atom. The van der Waals surface area contributed by atoms with Crippen LogP contribution < -0.4 is 0 Å². The Kier molecular flexibility index (Phi) is 4.03. The van der Waals surface area contributed by atoms with Gasteiger partial charge >= 0.3 is 5.97 Å². The van der Waals surface area contributed by atoms with Gasteiger partial charge in [0.05, 0.1) is 12.2 Å². The van der Waals surface area contributed by atoms with E-state index >= 15 is 0 Å². The van der Waals surface area contributed by atoms with Crippen LogP contribution in [0.4, 0.5) is 0 Å². The quantitative estimate of drug-likeness (QED) is 0.292. The van der Waals surface area contributed by atoms with Crippen molar-refractivity contribution in [2.75, 3.05) is 6.61 Å². The molecule has 1 N–H and O–H groups in total. The topological polar surface area (TPSA) is 46.5 Å². The van der Waals surface area contributed by atoms with Crippen LogP contribution in [0.1, 0.15) is 13.8 Å². The van der Waals surface area contributed by atoms with E-state index in [9.17, 15) is 4.79 Å². The Balaban J connectivity index is 4.33. The first-order valence-electron chi connectivity index (χ1n) is 3.32. The van der Waals surface area contributed by atoms with Gasteiger partial charge in [-0.15, -0.1) is 0 Å². The van der Waals surface area contributed by atoms with Crippen LogP contribution >= 0.6 is 0 Å².